The summed E-state index contributed by atoms with van der Waals surface area (Å²) in [6.07, 6.45) is 0.735. The number of amides is 1. The quantitative estimate of drug-likeness (QED) is 0.660. The molecular weight excluding hydrogens is 362 g/mol. The standard InChI is InChI=1S/C20H19N3O3S/c1-13(15-8-4-3-5-9-15)22-18(24)14(2)26-20(25)17-12-27-19(23-17)16-10-6-7-11-21-16/h3-14H,1-2H3,(H,22,24)/t13-,14-/m0/s1. The van der Waals surface area contributed by atoms with Crippen LogP contribution < -0.4 is 5.32 Å². The lowest BCUT2D eigenvalue weighted by atomic mass is 10.1. The molecular formula is C20H19N3O3S. The number of aromatic nitrogens is 2. The molecule has 0 aliphatic heterocycles. The van der Waals surface area contributed by atoms with E-state index in [1.807, 2.05) is 55.5 Å². The van der Waals surface area contributed by atoms with E-state index < -0.39 is 12.1 Å². The van der Waals surface area contributed by atoms with Crippen LogP contribution in [0.15, 0.2) is 60.1 Å². The summed E-state index contributed by atoms with van der Waals surface area (Å²) in [6, 6.07) is 14.9. The third-order valence-electron chi connectivity index (χ3n) is 3.91. The number of nitrogens with zero attached hydrogens (tertiary/aromatic N) is 2. The van der Waals surface area contributed by atoms with Crippen molar-refractivity contribution in [2.24, 2.45) is 0 Å². The van der Waals surface area contributed by atoms with E-state index in [0.29, 0.717) is 10.7 Å². The van der Waals surface area contributed by atoms with Crippen molar-refractivity contribution >= 4 is 23.2 Å². The van der Waals surface area contributed by atoms with Gasteiger partial charge in [-0.25, -0.2) is 9.78 Å². The predicted molar refractivity (Wildman–Crippen MR) is 103 cm³/mol. The third-order valence-corrected chi connectivity index (χ3v) is 4.77. The van der Waals surface area contributed by atoms with E-state index in [1.54, 1.807) is 11.6 Å². The van der Waals surface area contributed by atoms with Gasteiger partial charge in [0.2, 0.25) is 0 Å². The van der Waals surface area contributed by atoms with Gasteiger partial charge in [-0.15, -0.1) is 11.3 Å². The first-order chi connectivity index (χ1) is 13.0. The van der Waals surface area contributed by atoms with Crippen LogP contribution in [0.1, 0.15) is 35.9 Å². The van der Waals surface area contributed by atoms with Crippen molar-refractivity contribution in [3.8, 4) is 10.7 Å². The largest absolute Gasteiger partial charge is 0.448 e. The number of nitrogens with one attached hydrogen (secondary N) is 1. The molecule has 6 nitrogen and oxygen atoms in total. The lowest BCUT2D eigenvalue weighted by Gasteiger charge is -2.18. The fourth-order valence-electron chi connectivity index (χ4n) is 2.40. The van der Waals surface area contributed by atoms with Crippen molar-refractivity contribution in [2.75, 3.05) is 0 Å². The van der Waals surface area contributed by atoms with Gasteiger partial charge in [0.25, 0.3) is 5.91 Å². The van der Waals surface area contributed by atoms with Crippen molar-refractivity contribution in [1.29, 1.82) is 0 Å². The molecule has 2 atom stereocenters. The number of pyridine rings is 1. The molecule has 0 bridgehead atoms. The lowest BCUT2D eigenvalue weighted by Crippen LogP contribution is -2.37. The number of rotatable bonds is 6. The zero-order chi connectivity index (χ0) is 19.2. The highest BCUT2D eigenvalue weighted by molar-refractivity contribution is 7.13. The summed E-state index contributed by atoms with van der Waals surface area (Å²) in [4.78, 5) is 33.0. The topological polar surface area (TPSA) is 81.2 Å². The molecule has 1 amide bonds. The van der Waals surface area contributed by atoms with Gasteiger partial charge in [-0.2, -0.15) is 0 Å². The summed E-state index contributed by atoms with van der Waals surface area (Å²) in [5.41, 5.74) is 1.82. The number of thiazole rings is 1. The van der Waals surface area contributed by atoms with Crippen LogP contribution in [0, 0.1) is 0 Å². The molecule has 3 aromatic rings. The molecule has 0 unspecified atom stereocenters. The van der Waals surface area contributed by atoms with Gasteiger partial charge >= 0.3 is 5.97 Å². The second-order valence-corrected chi connectivity index (χ2v) is 6.80. The van der Waals surface area contributed by atoms with Gasteiger partial charge in [0.1, 0.15) is 5.01 Å². The SMILES string of the molecule is C[C@H](OC(=O)c1csc(-c2ccccn2)n1)C(=O)N[C@@H](C)c1ccccc1. The summed E-state index contributed by atoms with van der Waals surface area (Å²) in [7, 11) is 0. The van der Waals surface area contributed by atoms with Crippen molar-refractivity contribution < 1.29 is 14.3 Å². The van der Waals surface area contributed by atoms with Gasteiger partial charge in [-0.1, -0.05) is 36.4 Å². The van der Waals surface area contributed by atoms with Crippen LogP contribution in [0.3, 0.4) is 0 Å². The van der Waals surface area contributed by atoms with Crippen molar-refractivity contribution in [1.82, 2.24) is 15.3 Å². The van der Waals surface area contributed by atoms with Gasteiger partial charge in [-0.05, 0) is 31.5 Å². The highest BCUT2D eigenvalue weighted by atomic mass is 32.1. The minimum atomic E-state index is -0.927. The molecule has 0 radical (unpaired) electrons. The first-order valence-electron chi connectivity index (χ1n) is 8.48. The van der Waals surface area contributed by atoms with Gasteiger partial charge < -0.3 is 10.1 Å². The Morgan fingerprint density at radius 2 is 1.81 bits per heavy atom. The third kappa shape index (κ3) is 4.77. The molecule has 1 aromatic carbocycles. The maximum Gasteiger partial charge on any atom is 0.358 e. The number of hydrogen-bond acceptors (Lipinski definition) is 6. The highest BCUT2D eigenvalue weighted by Gasteiger charge is 2.22. The van der Waals surface area contributed by atoms with Crippen molar-refractivity contribution in [2.45, 2.75) is 26.0 Å². The summed E-state index contributed by atoms with van der Waals surface area (Å²) in [5, 5.41) is 5.06. The number of esters is 1. The Morgan fingerprint density at radius 3 is 2.52 bits per heavy atom. The Labute approximate surface area is 161 Å². The van der Waals surface area contributed by atoms with Crippen LogP contribution >= 0.6 is 11.3 Å². The van der Waals surface area contributed by atoms with E-state index >= 15 is 0 Å². The maximum atomic E-state index is 12.3. The maximum absolute atomic E-state index is 12.3. The van der Waals surface area contributed by atoms with Gasteiger partial charge in [0.05, 0.1) is 11.7 Å². The zero-order valence-corrected chi connectivity index (χ0v) is 15.8. The molecule has 1 N–H and O–H groups in total. The molecule has 0 aliphatic rings. The van der Waals surface area contributed by atoms with Gasteiger partial charge in [0.15, 0.2) is 11.8 Å². The van der Waals surface area contributed by atoms with Crippen LogP contribution in [0.25, 0.3) is 10.7 Å². The first-order valence-corrected chi connectivity index (χ1v) is 9.36. The number of ether oxygens (including phenoxy) is 1. The molecule has 2 heterocycles. The molecule has 27 heavy (non-hydrogen) atoms. The smallest absolute Gasteiger partial charge is 0.358 e. The van der Waals surface area contributed by atoms with Crippen LogP contribution in [-0.4, -0.2) is 27.9 Å². The molecule has 0 saturated heterocycles. The Bertz CT molecular complexity index is 912. The van der Waals surface area contributed by atoms with E-state index in [9.17, 15) is 9.59 Å². The minimum Gasteiger partial charge on any atom is -0.448 e. The fourth-order valence-corrected chi connectivity index (χ4v) is 3.17. The number of hydrogen-bond donors (Lipinski definition) is 1. The monoisotopic (exact) mass is 381 g/mol. The van der Waals surface area contributed by atoms with E-state index in [0.717, 1.165) is 5.56 Å². The lowest BCUT2D eigenvalue weighted by molar-refractivity contribution is -0.129. The second kappa shape index (κ2) is 8.55. The molecule has 0 spiro atoms. The summed E-state index contributed by atoms with van der Waals surface area (Å²) < 4.78 is 5.26. The predicted octanol–water partition coefficient (Wildman–Crippen LogP) is 3.63. The Hall–Kier alpha value is -3.06. The normalized spacial score (nSPS) is 12.8. The Kier molecular flexibility index (Phi) is 5.93. The average molecular weight is 381 g/mol. The van der Waals surface area contributed by atoms with E-state index in [-0.39, 0.29) is 17.6 Å². The van der Waals surface area contributed by atoms with Crippen molar-refractivity contribution in [3.63, 3.8) is 0 Å². The number of carbonyl (C=O) groups excluding carboxylic acids is 2. The molecule has 0 saturated carbocycles. The molecule has 138 valence electrons. The van der Waals surface area contributed by atoms with E-state index in [2.05, 4.69) is 15.3 Å². The molecule has 0 aliphatic carbocycles. The average Bonchev–Trinajstić information content (AvgIpc) is 3.19. The highest BCUT2D eigenvalue weighted by Crippen LogP contribution is 2.22. The molecule has 7 heteroatoms. The van der Waals surface area contributed by atoms with Crippen LogP contribution in [0.4, 0.5) is 0 Å². The molecule has 3 rings (SSSR count). The van der Waals surface area contributed by atoms with Crippen molar-refractivity contribution in [3.05, 3.63) is 71.4 Å². The molecule has 2 aromatic heterocycles. The number of benzene rings is 1. The van der Waals surface area contributed by atoms with E-state index in [1.165, 1.54) is 18.3 Å². The summed E-state index contributed by atoms with van der Waals surface area (Å²) >= 11 is 1.30. The fraction of sp³-hybridized carbons (Fsp3) is 0.200. The van der Waals surface area contributed by atoms with Crippen LogP contribution in [-0.2, 0) is 9.53 Å². The first kappa shape index (κ1) is 18.7. The second-order valence-electron chi connectivity index (χ2n) is 5.94. The minimum absolute atomic E-state index is 0.163. The zero-order valence-electron chi connectivity index (χ0n) is 15.0. The Balaban J connectivity index is 1.59. The molecule has 0 fully saturated rings. The van der Waals surface area contributed by atoms with Crippen LogP contribution in [0.2, 0.25) is 0 Å². The number of carbonyl (C=O) groups is 2. The van der Waals surface area contributed by atoms with Gasteiger partial charge in [0, 0.05) is 11.6 Å². The summed E-state index contributed by atoms with van der Waals surface area (Å²) in [5.74, 6) is -0.997. The van der Waals surface area contributed by atoms with E-state index in [4.69, 9.17) is 4.74 Å². The van der Waals surface area contributed by atoms with Gasteiger partial charge in [-0.3, -0.25) is 9.78 Å². The Morgan fingerprint density at radius 1 is 1.07 bits per heavy atom. The summed E-state index contributed by atoms with van der Waals surface area (Å²) in [6.45, 7) is 3.42. The van der Waals surface area contributed by atoms with Crippen LogP contribution in [0.5, 0.6) is 0 Å².